The molecule has 0 saturated carbocycles. The summed E-state index contributed by atoms with van der Waals surface area (Å²) >= 11 is 5.85. The first-order valence-corrected chi connectivity index (χ1v) is 4.85. The van der Waals surface area contributed by atoms with Crippen molar-refractivity contribution in [2.45, 2.75) is 6.92 Å². The monoisotopic (exact) mass is 238 g/mol. The Balaban J connectivity index is 2.98. The molecule has 4 nitrogen and oxygen atoms in total. The molecule has 0 aliphatic heterocycles. The van der Waals surface area contributed by atoms with Crippen molar-refractivity contribution >= 4 is 28.5 Å². The van der Waals surface area contributed by atoms with Gasteiger partial charge in [0.25, 0.3) is 0 Å². The minimum atomic E-state index is -1.29. The SMILES string of the molecule is Cc1ccc(Cl)c2oc(C(=O)O)cc(=O)c12. The van der Waals surface area contributed by atoms with E-state index in [2.05, 4.69) is 0 Å². The molecule has 1 aromatic carbocycles. The molecule has 0 radical (unpaired) electrons. The highest BCUT2D eigenvalue weighted by Gasteiger charge is 2.14. The number of aromatic carboxylic acids is 1. The average molecular weight is 239 g/mol. The van der Waals surface area contributed by atoms with Crippen molar-refractivity contribution < 1.29 is 14.3 Å². The smallest absolute Gasteiger partial charge is 0.371 e. The topological polar surface area (TPSA) is 67.5 Å². The van der Waals surface area contributed by atoms with Crippen molar-refractivity contribution in [1.29, 1.82) is 0 Å². The van der Waals surface area contributed by atoms with Gasteiger partial charge >= 0.3 is 5.97 Å². The number of carboxylic acids is 1. The van der Waals surface area contributed by atoms with E-state index >= 15 is 0 Å². The van der Waals surface area contributed by atoms with Gasteiger partial charge in [0.1, 0.15) is 0 Å². The number of rotatable bonds is 1. The van der Waals surface area contributed by atoms with Gasteiger partial charge in [-0.15, -0.1) is 0 Å². The van der Waals surface area contributed by atoms with Gasteiger partial charge in [-0.05, 0) is 18.6 Å². The van der Waals surface area contributed by atoms with E-state index in [-0.39, 0.29) is 10.6 Å². The first-order valence-electron chi connectivity index (χ1n) is 4.47. The lowest BCUT2D eigenvalue weighted by Crippen LogP contribution is -2.07. The van der Waals surface area contributed by atoms with E-state index in [0.29, 0.717) is 10.9 Å². The standard InChI is InChI=1S/C11H7ClO4/c1-5-2-3-6(12)10-9(5)7(13)4-8(16-10)11(14)15/h2-4H,1H3,(H,14,15). The molecule has 82 valence electrons. The van der Waals surface area contributed by atoms with Crippen LogP contribution < -0.4 is 5.43 Å². The maximum atomic E-state index is 11.7. The second-order valence-corrected chi connectivity index (χ2v) is 3.76. The summed E-state index contributed by atoms with van der Waals surface area (Å²) in [5, 5.41) is 9.29. The molecule has 0 amide bonds. The number of benzene rings is 1. The summed E-state index contributed by atoms with van der Waals surface area (Å²) in [6, 6.07) is 4.20. The van der Waals surface area contributed by atoms with Crippen LogP contribution in [0.25, 0.3) is 11.0 Å². The van der Waals surface area contributed by atoms with Gasteiger partial charge in [-0.3, -0.25) is 4.79 Å². The predicted molar refractivity (Wildman–Crippen MR) is 59.2 cm³/mol. The van der Waals surface area contributed by atoms with Crippen LogP contribution in [0.3, 0.4) is 0 Å². The van der Waals surface area contributed by atoms with E-state index < -0.39 is 17.2 Å². The van der Waals surface area contributed by atoms with Crippen molar-refractivity contribution in [2.24, 2.45) is 0 Å². The Hall–Kier alpha value is -1.81. The van der Waals surface area contributed by atoms with Gasteiger partial charge in [-0.2, -0.15) is 0 Å². The lowest BCUT2D eigenvalue weighted by Gasteiger charge is -2.03. The summed E-state index contributed by atoms with van der Waals surface area (Å²) in [5.41, 5.74) is 0.412. The highest BCUT2D eigenvalue weighted by atomic mass is 35.5. The lowest BCUT2D eigenvalue weighted by molar-refractivity contribution is 0.0663. The number of fused-ring (bicyclic) bond motifs is 1. The zero-order valence-electron chi connectivity index (χ0n) is 8.28. The van der Waals surface area contributed by atoms with Crippen molar-refractivity contribution in [3.05, 3.63) is 44.8 Å². The second-order valence-electron chi connectivity index (χ2n) is 3.35. The van der Waals surface area contributed by atoms with E-state index in [4.69, 9.17) is 21.1 Å². The van der Waals surface area contributed by atoms with E-state index in [1.807, 2.05) is 0 Å². The van der Waals surface area contributed by atoms with Crippen LogP contribution >= 0.6 is 11.6 Å². The van der Waals surface area contributed by atoms with Crippen LogP contribution in [0.5, 0.6) is 0 Å². The fourth-order valence-corrected chi connectivity index (χ4v) is 1.69. The molecule has 1 N–H and O–H groups in total. The Bertz CT molecular complexity index is 642. The van der Waals surface area contributed by atoms with Crippen LogP contribution in [-0.2, 0) is 0 Å². The molecule has 0 spiro atoms. The number of hydrogen-bond donors (Lipinski definition) is 1. The Kier molecular flexibility index (Phi) is 2.44. The van der Waals surface area contributed by atoms with Crippen molar-refractivity contribution in [3.8, 4) is 0 Å². The minimum absolute atomic E-state index is 0.117. The number of carbonyl (C=O) groups is 1. The second kappa shape index (κ2) is 3.64. The third-order valence-electron chi connectivity index (χ3n) is 2.25. The van der Waals surface area contributed by atoms with E-state index in [1.165, 1.54) is 0 Å². The van der Waals surface area contributed by atoms with Crippen LogP contribution in [-0.4, -0.2) is 11.1 Å². The molecule has 0 aliphatic rings. The summed E-state index contributed by atoms with van der Waals surface area (Å²) in [5.74, 6) is -1.71. The molecular weight excluding hydrogens is 232 g/mol. The van der Waals surface area contributed by atoms with Gasteiger partial charge < -0.3 is 9.52 Å². The fraction of sp³-hybridized carbons (Fsp3) is 0.0909. The van der Waals surface area contributed by atoms with Crippen LogP contribution in [0.2, 0.25) is 5.02 Å². The number of hydrogen-bond acceptors (Lipinski definition) is 3. The Labute approximate surface area is 95.1 Å². The van der Waals surface area contributed by atoms with Crippen molar-refractivity contribution in [3.63, 3.8) is 0 Å². The molecule has 0 saturated heterocycles. The zero-order valence-corrected chi connectivity index (χ0v) is 9.04. The van der Waals surface area contributed by atoms with E-state index in [9.17, 15) is 9.59 Å². The first kappa shape index (κ1) is 10.7. The van der Waals surface area contributed by atoms with Gasteiger partial charge in [-0.1, -0.05) is 17.7 Å². The molecule has 0 aliphatic carbocycles. The number of aryl methyl sites for hydroxylation is 1. The van der Waals surface area contributed by atoms with Gasteiger partial charge in [0.05, 0.1) is 10.4 Å². The van der Waals surface area contributed by atoms with Gasteiger partial charge in [0.15, 0.2) is 11.0 Å². The molecule has 0 fully saturated rings. The van der Waals surface area contributed by atoms with Gasteiger partial charge in [-0.25, -0.2) is 4.79 Å². The van der Waals surface area contributed by atoms with Gasteiger partial charge in [0.2, 0.25) is 5.76 Å². The average Bonchev–Trinajstić information content (AvgIpc) is 2.22. The Morgan fingerprint density at radius 1 is 1.44 bits per heavy atom. The fourth-order valence-electron chi connectivity index (χ4n) is 1.50. The maximum Gasteiger partial charge on any atom is 0.371 e. The summed E-state index contributed by atoms with van der Waals surface area (Å²) in [4.78, 5) is 22.4. The molecule has 5 heteroatoms. The largest absolute Gasteiger partial charge is 0.475 e. The minimum Gasteiger partial charge on any atom is -0.475 e. The van der Waals surface area contributed by atoms with E-state index in [1.54, 1.807) is 19.1 Å². The van der Waals surface area contributed by atoms with Crippen molar-refractivity contribution in [2.75, 3.05) is 0 Å². The van der Waals surface area contributed by atoms with Crippen LogP contribution in [0.15, 0.2) is 27.4 Å². The molecule has 2 aromatic rings. The molecular formula is C11H7ClO4. The van der Waals surface area contributed by atoms with Crippen molar-refractivity contribution in [1.82, 2.24) is 0 Å². The third-order valence-corrected chi connectivity index (χ3v) is 2.55. The Morgan fingerprint density at radius 2 is 2.12 bits per heavy atom. The summed E-state index contributed by atoms with van der Waals surface area (Å²) in [7, 11) is 0. The summed E-state index contributed by atoms with van der Waals surface area (Å²) in [6.07, 6.45) is 0. The molecule has 0 atom stereocenters. The summed E-state index contributed by atoms with van der Waals surface area (Å²) in [6.45, 7) is 1.73. The van der Waals surface area contributed by atoms with E-state index in [0.717, 1.165) is 6.07 Å². The molecule has 0 bridgehead atoms. The molecule has 2 rings (SSSR count). The quantitative estimate of drug-likeness (QED) is 0.829. The van der Waals surface area contributed by atoms with Gasteiger partial charge in [0, 0.05) is 6.07 Å². The van der Waals surface area contributed by atoms with Crippen LogP contribution in [0.1, 0.15) is 16.1 Å². The molecule has 1 heterocycles. The highest BCUT2D eigenvalue weighted by Crippen LogP contribution is 2.24. The number of halogens is 1. The normalized spacial score (nSPS) is 10.6. The Morgan fingerprint density at radius 3 is 2.75 bits per heavy atom. The molecule has 0 unspecified atom stereocenters. The first-order chi connectivity index (χ1) is 7.50. The molecule has 16 heavy (non-hydrogen) atoms. The summed E-state index contributed by atoms with van der Waals surface area (Å²) < 4.78 is 5.08. The lowest BCUT2D eigenvalue weighted by atomic mass is 10.1. The zero-order chi connectivity index (χ0) is 11.9. The highest BCUT2D eigenvalue weighted by molar-refractivity contribution is 6.34. The van der Waals surface area contributed by atoms with Crippen LogP contribution in [0.4, 0.5) is 0 Å². The molecule has 1 aromatic heterocycles. The predicted octanol–water partition coefficient (Wildman–Crippen LogP) is 2.45. The van der Waals surface area contributed by atoms with Crippen LogP contribution in [0, 0.1) is 6.92 Å². The third kappa shape index (κ3) is 1.57. The maximum absolute atomic E-state index is 11.7. The number of carboxylic acid groups (broad SMARTS) is 1.